The number of alkyl halides is 6. The topological polar surface area (TPSA) is 49.2 Å². The van der Waals surface area contributed by atoms with Crippen LogP contribution < -0.4 is 4.74 Å². The normalized spacial score (nSPS) is 13.4. The van der Waals surface area contributed by atoms with E-state index in [9.17, 15) is 31.1 Å². The fraction of sp³-hybridized carbons (Fsp3) is 0.381. The van der Waals surface area contributed by atoms with E-state index in [-0.39, 0.29) is 39.8 Å². The first-order valence-electron chi connectivity index (χ1n) is 9.15. The van der Waals surface area contributed by atoms with Crippen molar-refractivity contribution in [3.05, 3.63) is 52.5 Å². The fourth-order valence-corrected chi connectivity index (χ4v) is 3.27. The van der Waals surface area contributed by atoms with Gasteiger partial charge >= 0.3 is 18.3 Å². The van der Waals surface area contributed by atoms with Gasteiger partial charge in [-0.2, -0.15) is 26.3 Å². The molecule has 0 radical (unpaired) electrons. The lowest BCUT2D eigenvalue weighted by molar-refractivity contribution is -0.153. The predicted molar refractivity (Wildman–Crippen MR) is 104 cm³/mol. The van der Waals surface area contributed by atoms with E-state index in [0.29, 0.717) is 0 Å². The molecule has 0 aliphatic carbocycles. The summed E-state index contributed by atoms with van der Waals surface area (Å²) < 4.78 is 81.3. The molecule has 0 saturated carbocycles. The summed E-state index contributed by atoms with van der Waals surface area (Å²) >= 11 is 6.22. The highest BCUT2D eigenvalue weighted by atomic mass is 35.5. The van der Waals surface area contributed by atoms with E-state index < -0.39 is 36.4 Å². The van der Waals surface area contributed by atoms with Crippen molar-refractivity contribution in [2.45, 2.75) is 38.5 Å². The number of halogens is 7. The zero-order valence-electron chi connectivity index (χ0n) is 16.5. The third-order valence-electron chi connectivity index (χ3n) is 4.40. The van der Waals surface area contributed by atoms with Crippen LogP contribution in [0, 0.1) is 5.92 Å². The van der Waals surface area contributed by atoms with E-state index in [4.69, 9.17) is 21.4 Å². The van der Waals surface area contributed by atoms with Crippen LogP contribution in [0.5, 0.6) is 5.75 Å². The average Bonchev–Trinajstić information content (AvgIpc) is 2.64. The number of rotatable bonds is 7. The molecule has 3 nitrogen and oxygen atoms in total. The van der Waals surface area contributed by atoms with Crippen LogP contribution in [-0.4, -0.2) is 23.9 Å². The number of carbonyl (C=O) groups is 1. The van der Waals surface area contributed by atoms with Gasteiger partial charge in [0, 0.05) is 10.4 Å². The first-order chi connectivity index (χ1) is 14.2. The van der Waals surface area contributed by atoms with Crippen LogP contribution in [-0.2, 0) is 11.0 Å². The second-order valence-corrected chi connectivity index (χ2v) is 7.78. The smallest absolute Gasteiger partial charge is 0.523 e. The van der Waals surface area contributed by atoms with Crippen molar-refractivity contribution in [1.82, 2.24) is 0 Å². The summed E-state index contributed by atoms with van der Waals surface area (Å²) in [6, 6.07) is 6.44. The van der Waals surface area contributed by atoms with Crippen LogP contribution in [0.3, 0.4) is 0 Å². The van der Waals surface area contributed by atoms with Gasteiger partial charge in [-0.05, 0) is 47.7 Å². The summed E-state index contributed by atoms with van der Waals surface area (Å²) in [5.74, 6) is -2.29. The van der Waals surface area contributed by atoms with Gasteiger partial charge in [-0.15, -0.1) is 0 Å². The van der Waals surface area contributed by atoms with Gasteiger partial charge in [-0.25, -0.2) is 0 Å². The Bertz CT molecular complexity index is 920. The van der Waals surface area contributed by atoms with Crippen LogP contribution in [0.2, 0.25) is 5.02 Å². The molecule has 0 aromatic heterocycles. The van der Waals surface area contributed by atoms with Gasteiger partial charge in [0.15, 0.2) is 6.61 Å². The SMILES string of the molecule is CC(C)CC(C(=O)[OH2+])c1cc(OCC(F)(F)F)c(Cl)c(-c2ccc(C(F)(F)F)cc2)c1. The van der Waals surface area contributed by atoms with Crippen LogP contribution >= 0.6 is 11.6 Å². The van der Waals surface area contributed by atoms with E-state index in [1.807, 2.05) is 13.8 Å². The highest BCUT2D eigenvalue weighted by Crippen LogP contribution is 2.41. The van der Waals surface area contributed by atoms with Gasteiger partial charge in [-0.3, -0.25) is 0 Å². The molecule has 2 rings (SSSR count). The van der Waals surface area contributed by atoms with Crippen molar-refractivity contribution < 1.29 is 41.0 Å². The zero-order valence-corrected chi connectivity index (χ0v) is 17.3. The maximum absolute atomic E-state index is 12.8. The van der Waals surface area contributed by atoms with Crippen LogP contribution in [0.1, 0.15) is 37.3 Å². The lowest BCUT2D eigenvalue weighted by Gasteiger charge is -2.18. The number of carbonyl (C=O) groups excluding carboxylic acids is 1. The molecular formula is C21H20ClF6O3+. The minimum absolute atomic E-state index is 0.0101. The molecule has 0 aliphatic heterocycles. The Kier molecular flexibility index (Phi) is 7.52. The summed E-state index contributed by atoms with van der Waals surface area (Å²) in [5, 5.41) is 7.30. The zero-order chi connectivity index (χ0) is 23.6. The molecule has 170 valence electrons. The standard InChI is InChI=1S/C21H19ClF6O3/c1-11(2)7-16(19(29)30)13-8-15(12-3-5-14(6-4-12)21(26,27)28)18(22)17(9-13)31-10-20(23,24)25/h3-6,8-9,11,16H,7,10H2,1-2H3,(H,29,30)/p+1. The van der Waals surface area contributed by atoms with Crippen molar-refractivity contribution in [2.24, 2.45) is 5.92 Å². The van der Waals surface area contributed by atoms with E-state index >= 15 is 0 Å². The molecule has 0 bridgehead atoms. The molecule has 0 heterocycles. The molecule has 2 N–H and O–H groups in total. The van der Waals surface area contributed by atoms with E-state index in [0.717, 1.165) is 24.3 Å². The van der Waals surface area contributed by atoms with Crippen molar-refractivity contribution in [1.29, 1.82) is 0 Å². The number of ether oxygens (including phenoxy) is 1. The summed E-state index contributed by atoms with van der Waals surface area (Å²) in [5.41, 5.74) is -0.418. The average molecular weight is 470 g/mol. The van der Waals surface area contributed by atoms with E-state index in [1.165, 1.54) is 12.1 Å². The molecule has 31 heavy (non-hydrogen) atoms. The highest BCUT2D eigenvalue weighted by Gasteiger charge is 2.33. The molecule has 0 fully saturated rings. The van der Waals surface area contributed by atoms with Gasteiger partial charge in [-0.1, -0.05) is 37.6 Å². The molecular weight excluding hydrogens is 450 g/mol. The molecule has 2 aromatic carbocycles. The molecule has 0 amide bonds. The first kappa shape index (κ1) is 24.8. The molecule has 0 aliphatic rings. The first-order valence-corrected chi connectivity index (χ1v) is 9.53. The Morgan fingerprint density at radius 3 is 2.10 bits per heavy atom. The minimum atomic E-state index is -4.66. The Morgan fingerprint density at radius 1 is 1.06 bits per heavy atom. The number of hydrogen-bond donors (Lipinski definition) is 0. The molecule has 1 atom stereocenters. The fourth-order valence-electron chi connectivity index (χ4n) is 3.00. The summed E-state index contributed by atoms with van der Waals surface area (Å²) in [6.07, 6.45) is -8.98. The van der Waals surface area contributed by atoms with E-state index in [1.54, 1.807) is 0 Å². The molecule has 2 aromatic rings. The molecule has 0 spiro atoms. The monoisotopic (exact) mass is 469 g/mol. The third kappa shape index (κ3) is 6.78. The summed E-state index contributed by atoms with van der Waals surface area (Å²) in [7, 11) is 0. The van der Waals surface area contributed by atoms with Crippen molar-refractivity contribution >= 4 is 17.6 Å². The lowest BCUT2D eigenvalue weighted by atomic mass is 9.88. The van der Waals surface area contributed by atoms with E-state index in [2.05, 4.69) is 0 Å². The van der Waals surface area contributed by atoms with Crippen LogP contribution in [0.4, 0.5) is 26.3 Å². The predicted octanol–water partition coefficient (Wildman–Crippen LogP) is 6.35. The third-order valence-corrected chi connectivity index (χ3v) is 4.79. The van der Waals surface area contributed by atoms with Gasteiger partial charge in [0.25, 0.3) is 0 Å². The van der Waals surface area contributed by atoms with Crippen molar-refractivity contribution in [3.8, 4) is 16.9 Å². The second kappa shape index (κ2) is 9.38. The Hall–Kier alpha value is -2.42. The van der Waals surface area contributed by atoms with Gasteiger partial charge < -0.3 is 9.84 Å². The summed E-state index contributed by atoms with van der Waals surface area (Å²) in [4.78, 5) is 11.9. The van der Waals surface area contributed by atoms with Gasteiger partial charge in [0.05, 0.1) is 10.6 Å². The molecule has 1 unspecified atom stereocenters. The number of hydrogen-bond acceptors (Lipinski definition) is 2. The van der Waals surface area contributed by atoms with Crippen molar-refractivity contribution in [2.75, 3.05) is 6.61 Å². The minimum Gasteiger partial charge on any atom is -0.564 e. The highest BCUT2D eigenvalue weighted by molar-refractivity contribution is 6.34. The van der Waals surface area contributed by atoms with Crippen LogP contribution in [0.15, 0.2) is 36.4 Å². The Labute approximate surface area is 179 Å². The Morgan fingerprint density at radius 2 is 1.65 bits per heavy atom. The molecule has 0 saturated heterocycles. The quantitative estimate of drug-likeness (QED) is 0.350. The Balaban J connectivity index is 2.61. The maximum Gasteiger partial charge on any atom is 0.523 e. The summed E-state index contributed by atoms with van der Waals surface area (Å²) in [6.45, 7) is 1.97. The lowest BCUT2D eigenvalue weighted by Crippen LogP contribution is -2.20. The maximum atomic E-state index is 12.8. The van der Waals surface area contributed by atoms with Crippen molar-refractivity contribution in [3.63, 3.8) is 0 Å². The second-order valence-electron chi connectivity index (χ2n) is 7.41. The largest absolute Gasteiger partial charge is 0.564 e. The molecule has 10 heteroatoms. The van der Waals surface area contributed by atoms with Gasteiger partial charge in [0.2, 0.25) is 0 Å². The van der Waals surface area contributed by atoms with Crippen LogP contribution in [0.25, 0.3) is 11.1 Å². The van der Waals surface area contributed by atoms with Gasteiger partial charge in [0.1, 0.15) is 11.7 Å². The number of benzene rings is 2.